The van der Waals surface area contributed by atoms with Gasteiger partial charge in [0.2, 0.25) is 0 Å². The molecule has 3 N–H and O–H groups in total. The number of carbonyl (C=O) groups excluding carboxylic acids is 1. The molecule has 0 radical (unpaired) electrons. The molecule has 1 aromatic rings. The van der Waals surface area contributed by atoms with E-state index in [0.29, 0.717) is 11.2 Å². The highest BCUT2D eigenvalue weighted by molar-refractivity contribution is 6.65. The summed E-state index contributed by atoms with van der Waals surface area (Å²) in [5, 5.41) is 2.63. The van der Waals surface area contributed by atoms with Crippen molar-refractivity contribution in [3.05, 3.63) is 12.3 Å². The maximum atomic E-state index is 12.1. The summed E-state index contributed by atoms with van der Waals surface area (Å²) in [6.07, 6.45) is 0.898. The molecule has 1 aliphatic heterocycles. The number of aromatic nitrogens is 1. The summed E-state index contributed by atoms with van der Waals surface area (Å²) in [5.41, 5.74) is 5.34. The summed E-state index contributed by atoms with van der Waals surface area (Å²) in [4.78, 5) is 16.3. The largest absolute Gasteiger partial charge is 0.500 e. The van der Waals surface area contributed by atoms with Gasteiger partial charge in [0.15, 0.2) is 0 Å². The number of pyridine rings is 1. The molecule has 1 amide bonds. The number of hydrogen-bond acceptors (Lipinski definition) is 6. The molecule has 1 aromatic heterocycles. The molecule has 1 fully saturated rings. The van der Waals surface area contributed by atoms with Crippen LogP contribution in [0.15, 0.2) is 12.3 Å². The molecule has 7 nitrogen and oxygen atoms in total. The number of nitrogens with zero attached hydrogens (tertiary/aromatic N) is 1. The number of nitrogens with one attached hydrogen (secondary N) is 1. The fourth-order valence-electron chi connectivity index (χ4n) is 2.20. The van der Waals surface area contributed by atoms with E-state index in [1.807, 2.05) is 27.7 Å². The molecular formula is C16H26BN3O4. The molecule has 8 heteroatoms. The lowest BCUT2D eigenvalue weighted by Crippen LogP contribution is -2.41. The number of nitrogen functional groups attached to an aromatic ring is 1. The fraction of sp³-hybridized carbons (Fsp3) is 0.625. The van der Waals surface area contributed by atoms with Crippen LogP contribution in [0.4, 0.5) is 16.3 Å². The molecule has 2 heterocycles. The second-order valence-electron chi connectivity index (χ2n) is 7.88. The third kappa shape index (κ3) is 3.81. The van der Waals surface area contributed by atoms with E-state index in [1.54, 1.807) is 26.8 Å². The van der Waals surface area contributed by atoms with E-state index in [0.717, 1.165) is 0 Å². The van der Waals surface area contributed by atoms with Gasteiger partial charge in [0, 0.05) is 17.3 Å². The van der Waals surface area contributed by atoms with Crippen LogP contribution in [0.3, 0.4) is 0 Å². The molecular weight excluding hydrogens is 309 g/mol. The van der Waals surface area contributed by atoms with Crippen LogP contribution in [0, 0.1) is 0 Å². The van der Waals surface area contributed by atoms with Gasteiger partial charge in [0.1, 0.15) is 11.4 Å². The van der Waals surface area contributed by atoms with Gasteiger partial charge in [-0.15, -0.1) is 0 Å². The van der Waals surface area contributed by atoms with Crippen molar-refractivity contribution in [3.63, 3.8) is 0 Å². The number of anilines is 2. The second-order valence-corrected chi connectivity index (χ2v) is 7.88. The molecule has 24 heavy (non-hydrogen) atoms. The van der Waals surface area contributed by atoms with E-state index in [9.17, 15) is 4.79 Å². The van der Waals surface area contributed by atoms with Crippen LogP contribution in [0.5, 0.6) is 0 Å². The molecule has 132 valence electrons. The lowest BCUT2D eigenvalue weighted by Gasteiger charge is -2.32. The van der Waals surface area contributed by atoms with Gasteiger partial charge in [-0.2, -0.15) is 0 Å². The molecule has 2 rings (SSSR count). The first-order valence-corrected chi connectivity index (χ1v) is 7.92. The van der Waals surface area contributed by atoms with Gasteiger partial charge in [-0.1, -0.05) is 0 Å². The Labute approximate surface area is 143 Å². The fourth-order valence-corrected chi connectivity index (χ4v) is 2.20. The van der Waals surface area contributed by atoms with E-state index in [-0.39, 0.29) is 5.82 Å². The van der Waals surface area contributed by atoms with E-state index in [1.165, 1.54) is 6.20 Å². The Morgan fingerprint density at radius 1 is 1.25 bits per heavy atom. The number of nitrogens with two attached hydrogens (primary N) is 1. The molecule has 0 unspecified atom stereocenters. The van der Waals surface area contributed by atoms with Crippen LogP contribution in [-0.2, 0) is 14.0 Å². The van der Waals surface area contributed by atoms with E-state index in [2.05, 4.69) is 10.3 Å². The SMILES string of the molecule is CC(C)(C)OC(=O)Nc1nccc(N)c1B1OC(C)(C)C(C)(C)O1. The van der Waals surface area contributed by atoms with Gasteiger partial charge in [0.25, 0.3) is 0 Å². The third-order valence-electron chi connectivity index (χ3n) is 4.13. The summed E-state index contributed by atoms with van der Waals surface area (Å²) >= 11 is 0. The van der Waals surface area contributed by atoms with Gasteiger partial charge in [-0.25, -0.2) is 9.78 Å². The lowest BCUT2D eigenvalue weighted by atomic mass is 9.78. The molecule has 0 saturated carbocycles. The predicted molar refractivity (Wildman–Crippen MR) is 94.2 cm³/mol. The Kier molecular flexibility index (Phi) is 4.58. The second kappa shape index (κ2) is 5.93. The highest BCUT2D eigenvalue weighted by Gasteiger charge is 2.53. The number of ether oxygens (including phenoxy) is 1. The van der Waals surface area contributed by atoms with Gasteiger partial charge in [0.05, 0.1) is 11.2 Å². The number of rotatable bonds is 2. The average molecular weight is 335 g/mol. The maximum Gasteiger partial charge on any atom is 0.500 e. The zero-order valence-corrected chi connectivity index (χ0v) is 15.4. The van der Waals surface area contributed by atoms with Crippen molar-refractivity contribution in [2.45, 2.75) is 65.3 Å². The van der Waals surface area contributed by atoms with Crippen LogP contribution in [0.2, 0.25) is 0 Å². The first kappa shape index (κ1) is 18.5. The lowest BCUT2D eigenvalue weighted by molar-refractivity contribution is 0.00578. The quantitative estimate of drug-likeness (QED) is 0.805. The Morgan fingerprint density at radius 2 is 1.79 bits per heavy atom. The third-order valence-corrected chi connectivity index (χ3v) is 4.13. The standard InChI is InChI=1S/C16H26BN3O4/c1-14(2,3)22-13(21)20-12-11(10(18)8-9-19-12)17-23-15(4,5)16(6,7)24-17/h8-9H,1-7H3,(H3,18,19,20,21). The maximum absolute atomic E-state index is 12.1. The summed E-state index contributed by atoms with van der Waals surface area (Å²) in [6, 6.07) is 1.64. The van der Waals surface area contributed by atoms with Crippen molar-refractivity contribution >= 4 is 30.2 Å². The van der Waals surface area contributed by atoms with Gasteiger partial charge >= 0.3 is 13.2 Å². The van der Waals surface area contributed by atoms with Crippen LogP contribution in [0.1, 0.15) is 48.5 Å². The van der Waals surface area contributed by atoms with Crippen molar-refractivity contribution in [3.8, 4) is 0 Å². The van der Waals surface area contributed by atoms with Gasteiger partial charge in [-0.3, -0.25) is 5.32 Å². The van der Waals surface area contributed by atoms with Crippen molar-refractivity contribution in [2.75, 3.05) is 11.1 Å². The zero-order chi connectivity index (χ0) is 18.3. The smallest absolute Gasteiger partial charge is 0.444 e. The highest BCUT2D eigenvalue weighted by Crippen LogP contribution is 2.37. The van der Waals surface area contributed by atoms with Crippen molar-refractivity contribution < 1.29 is 18.8 Å². The monoisotopic (exact) mass is 335 g/mol. The van der Waals surface area contributed by atoms with Crippen LogP contribution in [-0.4, -0.2) is 35.0 Å². The Hall–Kier alpha value is -1.80. The normalized spacial score (nSPS) is 19.2. The number of carbonyl (C=O) groups is 1. The molecule has 0 atom stereocenters. The van der Waals surface area contributed by atoms with E-state index < -0.39 is 30.0 Å². The first-order valence-electron chi connectivity index (χ1n) is 7.92. The van der Waals surface area contributed by atoms with E-state index in [4.69, 9.17) is 19.8 Å². The summed E-state index contributed by atoms with van der Waals surface area (Å²) < 4.78 is 17.3. The van der Waals surface area contributed by atoms with Crippen LogP contribution in [0.25, 0.3) is 0 Å². The van der Waals surface area contributed by atoms with Crippen LogP contribution >= 0.6 is 0 Å². The predicted octanol–water partition coefficient (Wildman–Crippen LogP) is 2.31. The molecule has 1 aliphatic rings. The number of amides is 1. The minimum atomic E-state index is -0.728. The number of hydrogen-bond donors (Lipinski definition) is 2. The minimum absolute atomic E-state index is 0.266. The Bertz CT molecular complexity index is 625. The van der Waals surface area contributed by atoms with Gasteiger partial charge < -0.3 is 19.8 Å². The first-order chi connectivity index (χ1) is 10.8. The Balaban J connectivity index is 2.30. The molecule has 0 bridgehead atoms. The summed E-state index contributed by atoms with van der Waals surface area (Å²) in [6.45, 7) is 13.1. The van der Waals surface area contributed by atoms with Crippen molar-refractivity contribution in [1.82, 2.24) is 4.98 Å². The van der Waals surface area contributed by atoms with Crippen LogP contribution < -0.4 is 16.5 Å². The summed E-state index contributed by atoms with van der Waals surface area (Å²) in [7, 11) is -0.728. The molecule has 0 spiro atoms. The molecule has 0 aromatic carbocycles. The minimum Gasteiger partial charge on any atom is -0.444 e. The Morgan fingerprint density at radius 3 is 2.29 bits per heavy atom. The van der Waals surface area contributed by atoms with Crippen molar-refractivity contribution in [2.24, 2.45) is 0 Å². The topological polar surface area (TPSA) is 95.7 Å². The zero-order valence-electron chi connectivity index (χ0n) is 15.4. The van der Waals surface area contributed by atoms with E-state index >= 15 is 0 Å². The highest BCUT2D eigenvalue weighted by atomic mass is 16.7. The summed E-state index contributed by atoms with van der Waals surface area (Å²) in [5.74, 6) is 0.266. The molecule has 1 saturated heterocycles. The average Bonchev–Trinajstić information content (AvgIpc) is 2.55. The van der Waals surface area contributed by atoms with Gasteiger partial charge in [-0.05, 0) is 54.5 Å². The van der Waals surface area contributed by atoms with Crippen molar-refractivity contribution in [1.29, 1.82) is 0 Å². The molecule has 0 aliphatic carbocycles.